The summed E-state index contributed by atoms with van der Waals surface area (Å²) in [6.07, 6.45) is -5.66. The summed E-state index contributed by atoms with van der Waals surface area (Å²) in [5, 5.41) is 0. The van der Waals surface area contributed by atoms with Gasteiger partial charge in [0.2, 0.25) is 10.0 Å². The number of nitrogens with one attached hydrogen (secondary N) is 1. The van der Waals surface area contributed by atoms with Gasteiger partial charge in [-0.05, 0) is 20.3 Å². The number of aryl methyl sites for hydroxylation is 2. The Hall–Kier alpha value is -1.06. The fraction of sp³-hybridized carbons (Fsp3) is 0.636. The smallest absolute Gasteiger partial charge is 0.389 e. The molecule has 0 atom stereocenters. The van der Waals surface area contributed by atoms with Gasteiger partial charge in [0.15, 0.2) is 0 Å². The van der Waals surface area contributed by atoms with Gasteiger partial charge in [-0.15, -0.1) is 0 Å². The third-order valence-electron chi connectivity index (χ3n) is 2.73. The summed E-state index contributed by atoms with van der Waals surface area (Å²) in [5.74, 6) is 0.562. The molecule has 0 radical (unpaired) electrons. The van der Waals surface area contributed by atoms with E-state index in [1.165, 1.54) is 6.92 Å². The second-order valence-electron chi connectivity index (χ2n) is 4.34. The lowest BCUT2D eigenvalue weighted by Gasteiger charge is -2.09. The van der Waals surface area contributed by atoms with Crippen molar-refractivity contribution in [3.05, 3.63) is 17.1 Å². The highest BCUT2D eigenvalue weighted by Gasteiger charge is 2.28. The Bertz CT molecular complexity index is 564. The molecule has 0 spiro atoms. The highest BCUT2D eigenvalue weighted by molar-refractivity contribution is 7.89. The summed E-state index contributed by atoms with van der Waals surface area (Å²) in [6, 6.07) is 0. The molecule has 3 N–H and O–H groups in total. The van der Waals surface area contributed by atoms with Crippen molar-refractivity contribution >= 4 is 10.0 Å². The second-order valence-corrected chi connectivity index (χ2v) is 6.05. The molecule has 9 heteroatoms. The van der Waals surface area contributed by atoms with Gasteiger partial charge in [0.1, 0.15) is 16.4 Å². The van der Waals surface area contributed by atoms with E-state index in [0.717, 1.165) is 0 Å². The van der Waals surface area contributed by atoms with Crippen LogP contribution < -0.4 is 10.5 Å². The minimum Gasteiger partial charge on any atom is -0.465 e. The first-order chi connectivity index (χ1) is 9.08. The molecule has 0 bridgehead atoms. The third kappa shape index (κ3) is 4.22. The number of hydrogen-bond acceptors (Lipinski definition) is 4. The van der Waals surface area contributed by atoms with Gasteiger partial charge in [-0.3, -0.25) is 0 Å². The summed E-state index contributed by atoms with van der Waals surface area (Å²) < 4.78 is 67.4. The maximum Gasteiger partial charge on any atom is 0.389 e. The first kappa shape index (κ1) is 17.0. The van der Waals surface area contributed by atoms with Crippen LogP contribution in [0.15, 0.2) is 9.31 Å². The topological polar surface area (TPSA) is 85.3 Å². The third-order valence-corrected chi connectivity index (χ3v) is 4.38. The molecule has 1 aromatic heterocycles. The molecule has 0 aliphatic rings. The van der Waals surface area contributed by atoms with E-state index < -0.39 is 22.6 Å². The number of halogens is 3. The van der Waals surface area contributed by atoms with Crippen molar-refractivity contribution in [2.45, 2.75) is 44.3 Å². The lowest BCUT2D eigenvalue weighted by molar-refractivity contribution is -0.135. The van der Waals surface area contributed by atoms with Crippen LogP contribution >= 0.6 is 0 Å². The molecule has 0 amide bonds. The van der Waals surface area contributed by atoms with Crippen LogP contribution in [0, 0.1) is 13.8 Å². The molecule has 0 aromatic carbocycles. The standard InChI is InChI=1S/C11H17F3N2O3S/c1-7-9(6-15)10(8(2)19-7)20(17,18)16-5-3-4-11(12,13)14/h16H,3-6,15H2,1-2H3. The van der Waals surface area contributed by atoms with Crippen molar-refractivity contribution in [2.75, 3.05) is 6.54 Å². The normalized spacial score (nSPS) is 12.9. The lowest BCUT2D eigenvalue weighted by atomic mass is 10.2. The molecule has 20 heavy (non-hydrogen) atoms. The highest BCUT2D eigenvalue weighted by atomic mass is 32.2. The Balaban J connectivity index is 2.80. The fourth-order valence-electron chi connectivity index (χ4n) is 1.87. The van der Waals surface area contributed by atoms with Crippen LogP contribution in [0.25, 0.3) is 0 Å². The van der Waals surface area contributed by atoms with Gasteiger partial charge in [-0.25, -0.2) is 13.1 Å². The van der Waals surface area contributed by atoms with Crippen LogP contribution in [0.5, 0.6) is 0 Å². The van der Waals surface area contributed by atoms with E-state index in [2.05, 4.69) is 4.72 Å². The van der Waals surface area contributed by atoms with E-state index in [-0.39, 0.29) is 30.2 Å². The summed E-state index contributed by atoms with van der Waals surface area (Å²) >= 11 is 0. The predicted octanol–water partition coefficient (Wildman–Crippen LogP) is 1.98. The van der Waals surface area contributed by atoms with Crippen LogP contribution in [-0.4, -0.2) is 21.1 Å². The van der Waals surface area contributed by atoms with Gasteiger partial charge in [0, 0.05) is 25.1 Å². The number of furan rings is 1. The minimum absolute atomic E-state index is 0.0258. The minimum atomic E-state index is -4.30. The Morgan fingerprint density at radius 1 is 1.25 bits per heavy atom. The summed E-state index contributed by atoms with van der Waals surface area (Å²) in [7, 11) is -3.92. The van der Waals surface area contributed by atoms with E-state index in [1.807, 2.05) is 0 Å². The number of rotatable bonds is 6. The molecule has 0 saturated heterocycles. The summed E-state index contributed by atoms with van der Waals surface area (Å²) in [4.78, 5) is -0.0792. The van der Waals surface area contributed by atoms with Crippen molar-refractivity contribution in [1.29, 1.82) is 0 Å². The highest BCUT2D eigenvalue weighted by Crippen LogP contribution is 2.26. The molecule has 116 valence electrons. The van der Waals surface area contributed by atoms with Crippen molar-refractivity contribution in [2.24, 2.45) is 5.73 Å². The van der Waals surface area contributed by atoms with Gasteiger partial charge in [0.25, 0.3) is 0 Å². The lowest BCUT2D eigenvalue weighted by Crippen LogP contribution is -2.27. The maximum absolute atomic E-state index is 12.1. The van der Waals surface area contributed by atoms with Gasteiger partial charge < -0.3 is 10.2 Å². The van der Waals surface area contributed by atoms with Crippen molar-refractivity contribution < 1.29 is 26.0 Å². The first-order valence-electron chi connectivity index (χ1n) is 5.94. The molecule has 0 aliphatic carbocycles. The van der Waals surface area contributed by atoms with E-state index in [4.69, 9.17) is 10.2 Å². The quantitative estimate of drug-likeness (QED) is 0.786. The second kappa shape index (κ2) is 6.15. The van der Waals surface area contributed by atoms with E-state index in [0.29, 0.717) is 11.3 Å². The zero-order valence-corrected chi connectivity index (χ0v) is 12.0. The largest absolute Gasteiger partial charge is 0.465 e. The first-order valence-corrected chi connectivity index (χ1v) is 7.42. The van der Waals surface area contributed by atoms with Gasteiger partial charge >= 0.3 is 6.18 Å². The molecule has 5 nitrogen and oxygen atoms in total. The van der Waals surface area contributed by atoms with Crippen molar-refractivity contribution in [3.63, 3.8) is 0 Å². The number of hydrogen-bond donors (Lipinski definition) is 2. The monoisotopic (exact) mass is 314 g/mol. The number of sulfonamides is 1. The zero-order valence-electron chi connectivity index (χ0n) is 11.2. The SMILES string of the molecule is Cc1oc(C)c(S(=O)(=O)NCCCC(F)(F)F)c1CN. The van der Waals surface area contributed by atoms with Crippen molar-refractivity contribution in [1.82, 2.24) is 4.72 Å². The van der Waals surface area contributed by atoms with E-state index >= 15 is 0 Å². The van der Waals surface area contributed by atoms with Crippen LogP contribution in [0.3, 0.4) is 0 Å². The molecular weight excluding hydrogens is 297 g/mol. The Morgan fingerprint density at radius 3 is 2.35 bits per heavy atom. The Morgan fingerprint density at radius 2 is 1.85 bits per heavy atom. The number of nitrogens with two attached hydrogens (primary N) is 1. The van der Waals surface area contributed by atoms with Gasteiger partial charge in [-0.1, -0.05) is 0 Å². The molecule has 1 aromatic rings. The average molecular weight is 314 g/mol. The van der Waals surface area contributed by atoms with E-state index in [9.17, 15) is 21.6 Å². The number of alkyl halides is 3. The molecule has 0 aliphatic heterocycles. The van der Waals surface area contributed by atoms with Crippen LogP contribution in [-0.2, 0) is 16.6 Å². The molecule has 0 unspecified atom stereocenters. The van der Waals surface area contributed by atoms with Crippen LogP contribution in [0.2, 0.25) is 0 Å². The predicted molar refractivity (Wildman–Crippen MR) is 66.6 cm³/mol. The Kier molecular flexibility index (Phi) is 5.22. The summed E-state index contributed by atoms with van der Waals surface area (Å²) in [6.45, 7) is 2.73. The van der Waals surface area contributed by atoms with Crippen molar-refractivity contribution in [3.8, 4) is 0 Å². The van der Waals surface area contributed by atoms with Crippen LogP contribution in [0.1, 0.15) is 29.9 Å². The van der Waals surface area contributed by atoms with Gasteiger partial charge in [0.05, 0.1) is 0 Å². The molecular formula is C11H17F3N2O3S. The fourth-order valence-corrected chi connectivity index (χ4v) is 3.39. The molecule has 1 rings (SSSR count). The van der Waals surface area contributed by atoms with E-state index in [1.54, 1.807) is 6.92 Å². The van der Waals surface area contributed by atoms with Crippen LogP contribution in [0.4, 0.5) is 13.2 Å². The maximum atomic E-state index is 12.1. The molecule has 1 heterocycles. The average Bonchev–Trinajstić information content (AvgIpc) is 2.58. The summed E-state index contributed by atoms with van der Waals surface area (Å²) in [5.41, 5.74) is 5.81. The van der Waals surface area contributed by atoms with Gasteiger partial charge in [-0.2, -0.15) is 13.2 Å². The molecule has 0 saturated carbocycles. The molecule has 0 fully saturated rings. The Labute approximate surface area is 115 Å². The zero-order chi connectivity index (χ0) is 15.6.